The minimum Gasteiger partial charge on any atom is -0.467 e. The average Bonchev–Trinajstić information content (AvgIpc) is 2.86. The zero-order valence-electron chi connectivity index (χ0n) is 10.6. The topological polar surface area (TPSA) is 77.5 Å². The first-order chi connectivity index (χ1) is 8.69. The van der Waals surface area contributed by atoms with Crippen LogP contribution >= 0.6 is 0 Å². The highest BCUT2D eigenvalue weighted by Gasteiger charge is 2.18. The van der Waals surface area contributed by atoms with Gasteiger partial charge in [0.25, 0.3) is 0 Å². The van der Waals surface area contributed by atoms with E-state index in [0.29, 0.717) is 24.2 Å². The lowest BCUT2D eigenvalue weighted by Crippen LogP contribution is -2.36. The fourth-order valence-electron chi connectivity index (χ4n) is 2.27. The van der Waals surface area contributed by atoms with Crippen LogP contribution in [-0.2, 0) is 11.3 Å². The summed E-state index contributed by atoms with van der Waals surface area (Å²) in [6.07, 6.45) is 5.78. The Balaban J connectivity index is 1.79. The minimum absolute atomic E-state index is 0.359. The smallest absolute Gasteiger partial charge is 0.341 e. The molecule has 0 aliphatic heterocycles. The van der Waals surface area contributed by atoms with Crippen LogP contribution in [0.2, 0.25) is 0 Å². The van der Waals surface area contributed by atoms with Crippen LogP contribution in [0.1, 0.15) is 41.8 Å². The summed E-state index contributed by atoms with van der Waals surface area (Å²) in [5.41, 5.74) is 6.32. The molecule has 100 valence electrons. The Morgan fingerprint density at radius 2 is 2.22 bits per heavy atom. The van der Waals surface area contributed by atoms with Gasteiger partial charge in [-0.15, -0.1) is 0 Å². The Labute approximate surface area is 107 Å². The number of furan rings is 1. The lowest BCUT2D eigenvalue weighted by molar-refractivity contribution is 0.0600. The first-order valence-corrected chi connectivity index (χ1v) is 6.33. The van der Waals surface area contributed by atoms with Gasteiger partial charge in [-0.2, -0.15) is 0 Å². The van der Waals surface area contributed by atoms with Crippen LogP contribution in [0.4, 0.5) is 0 Å². The van der Waals surface area contributed by atoms with Gasteiger partial charge < -0.3 is 20.2 Å². The van der Waals surface area contributed by atoms with Crippen LogP contribution in [0.25, 0.3) is 0 Å². The van der Waals surface area contributed by atoms with Crippen LogP contribution in [0.3, 0.4) is 0 Å². The summed E-state index contributed by atoms with van der Waals surface area (Å²) in [6, 6.07) is 2.57. The molecule has 0 saturated heterocycles. The number of methoxy groups -OCH3 is 1. The molecule has 3 N–H and O–H groups in total. The zero-order chi connectivity index (χ0) is 13.0. The van der Waals surface area contributed by atoms with Crippen molar-refractivity contribution in [1.82, 2.24) is 5.32 Å². The number of nitrogens with one attached hydrogen (secondary N) is 1. The Kier molecular flexibility index (Phi) is 4.38. The normalized spacial score (nSPS) is 23.9. The summed E-state index contributed by atoms with van der Waals surface area (Å²) in [7, 11) is 1.36. The van der Waals surface area contributed by atoms with E-state index in [1.807, 2.05) is 0 Å². The van der Waals surface area contributed by atoms with Crippen molar-refractivity contribution in [2.24, 2.45) is 5.73 Å². The molecule has 5 nitrogen and oxygen atoms in total. The van der Waals surface area contributed by atoms with Crippen molar-refractivity contribution in [2.45, 2.75) is 44.3 Å². The van der Waals surface area contributed by atoms with Gasteiger partial charge in [0.2, 0.25) is 0 Å². The van der Waals surface area contributed by atoms with Crippen molar-refractivity contribution in [1.29, 1.82) is 0 Å². The summed E-state index contributed by atoms with van der Waals surface area (Å²) >= 11 is 0. The molecule has 1 aromatic heterocycles. The van der Waals surface area contributed by atoms with Gasteiger partial charge in [-0.3, -0.25) is 0 Å². The third-order valence-electron chi connectivity index (χ3n) is 3.41. The summed E-state index contributed by atoms with van der Waals surface area (Å²) in [5.74, 6) is 0.388. The van der Waals surface area contributed by atoms with Gasteiger partial charge in [0, 0.05) is 12.1 Å². The second kappa shape index (κ2) is 6.02. The molecule has 0 bridgehead atoms. The largest absolute Gasteiger partial charge is 0.467 e. The van der Waals surface area contributed by atoms with Crippen molar-refractivity contribution >= 4 is 5.97 Å². The molecule has 1 aliphatic carbocycles. The zero-order valence-corrected chi connectivity index (χ0v) is 10.6. The number of nitrogens with two attached hydrogens (primary N) is 1. The van der Waals surface area contributed by atoms with Crippen molar-refractivity contribution in [3.05, 3.63) is 23.7 Å². The second-order valence-electron chi connectivity index (χ2n) is 4.79. The van der Waals surface area contributed by atoms with E-state index in [-0.39, 0.29) is 5.97 Å². The molecular formula is C13H20N2O3. The van der Waals surface area contributed by atoms with Gasteiger partial charge in [0.05, 0.1) is 19.2 Å². The van der Waals surface area contributed by atoms with E-state index in [2.05, 4.69) is 10.1 Å². The van der Waals surface area contributed by atoms with E-state index < -0.39 is 0 Å². The SMILES string of the molecule is COC(=O)c1coc(CNC2CCC(N)CC2)c1. The maximum absolute atomic E-state index is 11.3. The number of rotatable bonds is 4. The first kappa shape index (κ1) is 13.1. The molecule has 18 heavy (non-hydrogen) atoms. The number of carbonyl (C=O) groups is 1. The molecule has 0 radical (unpaired) electrons. The number of esters is 1. The van der Waals surface area contributed by atoms with Crippen molar-refractivity contribution in [3.63, 3.8) is 0 Å². The second-order valence-corrected chi connectivity index (χ2v) is 4.79. The predicted molar refractivity (Wildman–Crippen MR) is 67.1 cm³/mol. The molecule has 0 spiro atoms. The summed E-state index contributed by atoms with van der Waals surface area (Å²) in [5, 5.41) is 3.43. The lowest BCUT2D eigenvalue weighted by Gasteiger charge is -2.26. The number of hydrogen-bond acceptors (Lipinski definition) is 5. The van der Waals surface area contributed by atoms with Gasteiger partial charge in [0.1, 0.15) is 12.0 Å². The molecule has 1 aromatic rings. The van der Waals surface area contributed by atoms with E-state index in [4.69, 9.17) is 10.2 Å². The quantitative estimate of drug-likeness (QED) is 0.793. The monoisotopic (exact) mass is 252 g/mol. The molecular weight excluding hydrogens is 232 g/mol. The van der Waals surface area contributed by atoms with Crippen LogP contribution in [0.15, 0.2) is 16.7 Å². The van der Waals surface area contributed by atoms with Gasteiger partial charge in [-0.1, -0.05) is 0 Å². The van der Waals surface area contributed by atoms with Gasteiger partial charge in [-0.25, -0.2) is 4.79 Å². The van der Waals surface area contributed by atoms with Crippen molar-refractivity contribution < 1.29 is 13.9 Å². The van der Waals surface area contributed by atoms with Crippen molar-refractivity contribution in [3.8, 4) is 0 Å². The van der Waals surface area contributed by atoms with Gasteiger partial charge >= 0.3 is 5.97 Å². The standard InChI is InChI=1S/C13H20N2O3/c1-17-13(16)9-6-12(18-8-9)7-15-11-4-2-10(14)3-5-11/h6,8,10-11,15H,2-5,7,14H2,1H3. The maximum atomic E-state index is 11.3. The summed E-state index contributed by atoms with van der Waals surface area (Å²) < 4.78 is 9.93. The third-order valence-corrected chi connectivity index (χ3v) is 3.41. The highest BCUT2D eigenvalue weighted by atomic mass is 16.5. The Morgan fingerprint density at radius 1 is 1.50 bits per heavy atom. The Bertz CT molecular complexity index is 395. The molecule has 1 heterocycles. The fourth-order valence-corrected chi connectivity index (χ4v) is 2.27. The number of carbonyl (C=O) groups excluding carboxylic acids is 1. The van der Waals surface area contributed by atoms with Gasteiger partial charge in [0.15, 0.2) is 0 Å². The maximum Gasteiger partial charge on any atom is 0.341 e. The first-order valence-electron chi connectivity index (χ1n) is 6.33. The molecule has 1 aliphatic rings. The van der Waals surface area contributed by atoms with Crippen LogP contribution in [-0.4, -0.2) is 25.2 Å². The van der Waals surface area contributed by atoms with E-state index in [1.165, 1.54) is 13.4 Å². The minimum atomic E-state index is -0.367. The number of hydrogen-bond donors (Lipinski definition) is 2. The fraction of sp³-hybridized carbons (Fsp3) is 0.615. The Morgan fingerprint density at radius 3 is 2.89 bits per heavy atom. The molecule has 0 unspecified atom stereocenters. The highest BCUT2D eigenvalue weighted by Crippen LogP contribution is 2.17. The van der Waals surface area contributed by atoms with Crippen LogP contribution in [0, 0.1) is 0 Å². The highest BCUT2D eigenvalue weighted by molar-refractivity contribution is 5.88. The number of ether oxygens (including phenoxy) is 1. The molecule has 0 aromatic carbocycles. The molecule has 1 saturated carbocycles. The molecule has 2 rings (SSSR count). The van der Waals surface area contributed by atoms with E-state index in [1.54, 1.807) is 6.07 Å². The molecule has 1 fully saturated rings. The van der Waals surface area contributed by atoms with E-state index in [0.717, 1.165) is 31.4 Å². The average molecular weight is 252 g/mol. The van der Waals surface area contributed by atoms with Crippen LogP contribution in [0.5, 0.6) is 0 Å². The van der Waals surface area contributed by atoms with Gasteiger partial charge in [-0.05, 0) is 31.7 Å². The summed E-state index contributed by atoms with van der Waals surface area (Å²) in [4.78, 5) is 11.3. The lowest BCUT2D eigenvalue weighted by atomic mass is 9.92. The molecule has 5 heteroatoms. The predicted octanol–water partition coefficient (Wildman–Crippen LogP) is 1.43. The van der Waals surface area contributed by atoms with Crippen molar-refractivity contribution in [2.75, 3.05) is 7.11 Å². The summed E-state index contributed by atoms with van der Waals surface area (Å²) in [6.45, 7) is 0.636. The Hall–Kier alpha value is -1.33. The molecule has 0 amide bonds. The molecule has 0 atom stereocenters. The van der Waals surface area contributed by atoms with E-state index >= 15 is 0 Å². The van der Waals surface area contributed by atoms with E-state index in [9.17, 15) is 4.79 Å². The third kappa shape index (κ3) is 3.34. The van der Waals surface area contributed by atoms with Crippen LogP contribution < -0.4 is 11.1 Å².